The normalized spacial score (nSPS) is 23.2. The van der Waals surface area contributed by atoms with Gasteiger partial charge in [-0.1, -0.05) is 54.6 Å². The molecule has 27 heavy (non-hydrogen) atoms. The highest BCUT2D eigenvalue weighted by atomic mass is 35.5. The van der Waals surface area contributed by atoms with Gasteiger partial charge in [0.05, 0.1) is 5.60 Å². The minimum Gasteiger partial charge on any atom is -0.381 e. The topological polar surface area (TPSA) is 21.7 Å². The van der Waals surface area contributed by atoms with E-state index in [2.05, 4.69) is 73.6 Å². The Hall–Kier alpha value is -1.39. The van der Waals surface area contributed by atoms with Gasteiger partial charge in [-0.15, -0.1) is 12.4 Å². The zero-order chi connectivity index (χ0) is 18.0. The second-order valence-corrected chi connectivity index (χ2v) is 7.85. The van der Waals surface area contributed by atoms with E-state index in [9.17, 15) is 0 Å². The maximum Gasteiger partial charge on any atom is 0.120 e. The van der Waals surface area contributed by atoms with Crippen LogP contribution < -0.4 is 0 Å². The van der Waals surface area contributed by atoms with Gasteiger partial charge in [0.1, 0.15) is 5.60 Å². The Labute approximate surface area is 169 Å². The van der Waals surface area contributed by atoms with Crippen LogP contribution in [0.5, 0.6) is 0 Å². The number of fused-ring (bicyclic) bond motifs is 2. The van der Waals surface area contributed by atoms with Crippen molar-refractivity contribution in [1.29, 1.82) is 0 Å². The third-order valence-electron chi connectivity index (χ3n) is 5.90. The summed E-state index contributed by atoms with van der Waals surface area (Å²) in [6.07, 6.45) is 3.97. The fourth-order valence-electron chi connectivity index (χ4n) is 4.64. The molecule has 146 valence electrons. The average Bonchev–Trinajstić information content (AvgIpc) is 2.94. The summed E-state index contributed by atoms with van der Waals surface area (Å²) in [5.41, 5.74) is 3.44. The Morgan fingerprint density at radius 2 is 1.52 bits per heavy atom. The maximum absolute atomic E-state index is 7.12. The van der Waals surface area contributed by atoms with Crippen LogP contribution in [-0.4, -0.2) is 38.8 Å². The van der Waals surface area contributed by atoms with Crippen molar-refractivity contribution in [2.45, 2.75) is 36.9 Å². The molecule has 0 aliphatic carbocycles. The minimum atomic E-state index is -0.356. The summed E-state index contributed by atoms with van der Waals surface area (Å²) < 4.78 is 12.8. The molecular weight excluding hydrogens is 358 g/mol. The number of hydrogen-bond donors (Lipinski definition) is 0. The standard InChI is InChI=1S/C23H29NO2.ClH/c1-24(2)16-8-13-23(19-9-4-3-5-10-19)21-12-7-6-11-20(21)22(26-23)14-17-25-18-15-22;/h3-7,9-12H,8,13-18H2,1-2H3;1H. The molecule has 0 saturated carbocycles. The molecule has 0 aromatic heterocycles. The van der Waals surface area contributed by atoms with Gasteiger partial charge in [0.25, 0.3) is 0 Å². The van der Waals surface area contributed by atoms with Crippen LogP contribution in [0.25, 0.3) is 0 Å². The molecule has 1 spiro atoms. The molecule has 4 rings (SSSR count). The average molecular weight is 388 g/mol. The fourth-order valence-corrected chi connectivity index (χ4v) is 4.64. The SMILES string of the molecule is CN(C)CCCC1(c2ccccc2)OC2(CCOCC2)c2ccccc21.Cl. The first-order valence-electron chi connectivity index (χ1n) is 9.74. The lowest BCUT2D eigenvalue weighted by Crippen LogP contribution is -2.38. The molecule has 3 nitrogen and oxygen atoms in total. The van der Waals surface area contributed by atoms with Gasteiger partial charge in [-0.3, -0.25) is 0 Å². The van der Waals surface area contributed by atoms with Gasteiger partial charge in [0.15, 0.2) is 0 Å². The second-order valence-electron chi connectivity index (χ2n) is 7.85. The van der Waals surface area contributed by atoms with Gasteiger partial charge in [0.2, 0.25) is 0 Å². The fraction of sp³-hybridized carbons (Fsp3) is 0.478. The molecule has 0 N–H and O–H groups in total. The van der Waals surface area contributed by atoms with Crippen molar-refractivity contribution in [1.82, 2.24) is 4.90 Å². The van der Waals surface area contributed by atoms with E-state index in [1.54, 1.807) is 0 Å². The van der Waals surface area contributed by atoms with Gasteiger partial charge in [-0.25, -0.2) is 0 Å². The molecule has 0 bridgehead atoms. The number of nitrogens with zero attached hydrogens (tertiary/aromatic N) is 1. The first kappa shape index (κ1) is 20.3. The molecule has 1 unspecified atom stereocenters. The zero-order valence-electron chi connectivity index (χ0n) is 16.3. The molecule has 1 saturated heterocycles. The van der Waals surface area contributed by atoms with Gasteiger partial charge >= 0.3 is 0 Å². The Morgan fingerprint density at radius 3 is 2.19 bits per heavy atom. The Morgan fingerprint density at radius 1 is 0.889 bits per heavy atom. The zero-order valence-corrected chi connectivity index (χ0v) is 17.1. The van der Waals surface area contributed by atoms with Gasteiger partial charge < -0.3 is 14.4 Å². The van der Waals surface area contributed by atoms with E-state index in [4.69, 9.17) is 9.47 Å². The van der Waals surface area contributed by atoms with Crippen molar-refractivity contribution in [3.05, 3.63) is 71.3 Å². The van der Waals surface area contributed by atoms with E-state index in [1.807, 2.05) is 0 Å². The van der Waals surface area contributed by atoms with E-state index in [0.29, 0.717) is 0 Å². The number of benzene rings is 2. The Kier molecular flexibility index (Phi) is 6.27. The third-order valence-corrected chi connectivity index (χ3v) is 5.90. The minimum absolute atomic E-state index is 0. The van der Waals surface area contributed by atoms with E-state index >= 15 is 0 Å². The van der Waals surface area contributed by atoms with Crippen molar-refractivity contribution in [2.75, 3.05) is 33.9 Å². The summed E-state index contributed by atoms with van der Waals surface area (Å²) in [5, 5.41) is 0. The summed E-state index contributed by atoms with van der Waals surface area (Å²) in [6.45, 7) is 2.62. The first-order chi connectivity index (χ1) is 12.7. The van der Waals surface area contributed by atoms with Crippen LogP contribution in [0.2, 0.25) is 0 Å². The molecule has 0 radical (unpaired) electrons. The van der Waals surface area contributed by atoms with E-state index in [1.165, 1.54) is 16.7 Å². The van der Waals surface area contributed by atoms with Crippen molar-refractivity contribution in [3.63, 3.8) is 0 Å². The lowest BCUT2D eigenvalue weighted by Gasteiger charge is -2.39. The van der Waals surface area contributed by atoms with Gasteiger partial charge in [-0.2, -0.15) is 0 Å². The highest BCUT2D eigenvalue weighted by molar-refractivity contribution is 5.85. The summed E-state index contributed by atoms with van der Waals surface area (Å²) in [5.74, 6) is 0. The maximum atomic E-state index is 7.12. The number of rotatable bonds is 5. The van der Waals surface area contributed by atoms with Gasteiger partial charge in [-0.05, 0) is 50.2 Å². The van der Waals surface area contributed by atoms with E-state index in [-0.39, 0.29) is 23.6 Å². The van der Waals surface area contributed by atoms with Crippen LogP contribution in [-0.2, 0) is 20.7 Å². The molecule has 2 aliphatic heterocycles. The predicted molar refractivity (Wildman–Crippen MR) is 112 cm³/mol. The molecule has 1 atom stereocenters. The van der Waals surface area contributed by atoms with Crippen LogP contribution in [0.1, 0.15) is 42.4 Å². The summed E-state index contributed by atoms with van der Waals surface area (Å²) in [6, 6.07) is 19.7. The summed E-state index contributed by atoms with van der Waals surface area (Å²) >= 11 is 0. The Balaban J connectivity index is 0.00000210. The third kappa shape index (κ3) is 3.66. The summed E-state index contributed by atoms with van der Waals surface area (Å²) in [4.78, 5) is 2.25. The van der Waals surface area contributed by atoms with Crippen molar-refractivity contribution >= 4 is 12.4 Å². The summed E-state index contributed by atoms with van der Waals surface area (Å²) in [7, 11) is 4.28. The lowest BCUT2D eigenvalue weighted by molar-refractivity contribution is -0.166. The van der Waals surface area contributed by atoms with Crippen molar-refractivity contribution < 1.29 is 9.47 Å². The largest absolute Gasteiger partial charge is 0.381 e. The van der Waals surface area contributed by atoms with Crippen molar-refractivity contribution in [3.8, 4) is 0 Å². The van der Waals surface area contributed by atoms with Gasteiger partial charge in [0, 0.05) is 26.1 Å². The van der Waals surface area contributed by atoms with Crippen LogP contribution >= 0.6 is 12.4 Å². The van der Waals surface area contributed by atoms with E-state index < -0.39 is 0 Å². The monoisotopic (exact) mass is 387 g/mol. The molecule has 2 aromatic rings. The molecule has 4 heteroatoms. The highest BCUT2D eigenvalue weighted by Gasteiger charge is 2.54. The molecule has 2 aliphatic rings. The molecule has 2 heterocycles. The number of ether oxygens (including phenoxy) is 2. The smallest absolute Gasteiger partial charge is 0.120 e. The lowest BCUT2D eigenvalue weighted by atomic mass is 9.79. The van der Waals surface area contributed by atoms with Crippen LogP contribution in [0, 0.1) is 0 Å². The molecular formula is C23H30ClNO2. The van der Waals surface area contributed by atoms with Crippen LogP contribution in [0.3, 0.4) is 0 Å². The van der Waals surface area contributed by atoms with E-state index in [0.717, 1.165) is 45.4 Å². The number of halogens is 1. The Bertz CT molecular complexity index is 743. The molecule has 2 aromatic carbocycles. The van der Waals surface area contributed by atoms with Crippen LogP contribution in [0.15, 0.2) is 54.6 Å². The van der Waals surface area contributed by atoms with Crippen molar-refractivity contribution in [2.24, 2.45) is 0 Å². The second kappa shape index (κ2) is 8.32. The van der Waals surface area contributed by atoms with Crippen LogP contribution in [0.4, 0.5) is 0 Å². The first-order valence-corrected chi connectivity index (χ1v) is 9.74. The number of hydrogen-bond acceptors (Lipinski definition) is 3. The molecule has 0 amide bonds. The quantitative estimate of drug-likeness (QED) is 0.740. The molecule has 1 fully saturated rings. The highest BCUT2D eigenvalue weighted by Crippen LogP contribution is 2.56. The predicted octanol–water partition coefficient (Wildman–Crippen LogP) is 4.73.